The molecule has 2 aromatic carbocycles. The third kappa shape index (κ3) is 1.88. The fraction of sp³-hybridized carbons (Fsp3) is 0.286. The van der Waals surface area contributed by atoms with Crippen molar-refractivity contribution in [2.45, 2.75) is 31.2 Å². The first-order valence-electron chi connectivity index (χ1n) is 8.86. The van der Waals surface area contributed by atoms with Gasteiger partial charge in [0.1, 0.15) is 0 Å². The largest absolute Gasteiger partial charge is 0.499 e. The molecule has 1 fully saturated rings. The summed E-state index contributed by atoms with van der Waals surface area (Å²) in [6.45, 7) is 0. The summed E-state index contributed by atoms with van der Waals surface area (Å²) in [7, 11) is 0. The molecular weight excluding hydrogens is 334 g/mol. The van der Waals surface area contributed by atoms with E-state index >= 15 is 0 Å². The van der Waals surface area contributed by atoms with E-state index in [1.807, 2.05) is 18.2 Å². The maximum Gasteiger partial charge on any atom is 0.302 e. The molecule has 5 rings (SSSR count). The van der Waals surface area contributed by atoms with Crippen molar-refractivity contribution in [1.82, 2.24) is 0 Å². The summed E-state index contributed by atoms with van der Waals surface area (Å²) in [4.78, 5) is 13.1. The fourth-order valence-electron chi connectivity index (χ4n) is 4.71. The van der Waals surface area contributed by atoms with E-state index in [1.54, 1.807) is 0 Å². The van der Waals surface area contributed by atoms with Crippen LogP contribution in [0.4, 0.5) is 8.78 Å². The highest BCUT2D eigenvalue weighted by atomic mass is 19.2. The molecule has 1 saturated heterocycles. The number of fused-ring (bicyclic) bond motifs is 4. The number of ketones is 1. The van der Waals surface area contributed by atoms with Gasteiger partial charge in [0.2, 0.25) is 5.78 Å². The van der Waals surface area contributed by atoms with Gasteiger partial charge in [-0.1, -0.05) is 24.3 Å². The van der Waals surface area contributed by atoms with Crippen molar-refractivity contribution in [3.63, 3.8) is 0 Å². The smallest absolute Gasteiger partial charge is 0.302 e. The molecule has 2 atom stereocenters. The van der Waals surface area contributed by atoms with Gasteiger partial charge < -0.3 is 5.53 Å². The number of carbonyl (C=O) groups excluding carboxylic acids is 1. The third-order valence-electron chi connectivity index (χ3n) is 6.06. The maximum atomic E-state index is 13.6. The molecule has 5 heteroatoms. The van der Waals surface area contributed by atoms with Crippen LogP contribution in [0.25, 0.3) is 11.1 Å². The lowest BCUT2D eigenvalue weighted by Crippen LogP contribution is -2.31. The van der Waals surface area contributed by atoms with Gasteiger partial charge in [-0.15, -0.1) is 0 Å². The number of halogens is 2. The molecule has 1 aliphatic heterocycles. The second-order valence-electron chi connectivity index (χ2n) is 7.32. The Balaban J connectivity index is 1.65. The summed E-state index contributed by atoms with van der Waals surface area (Å²) in [5.74, 6) is -2.09. The van der Waals surface area contributed by atoms with Gasteiger partial charge in [0, 0.05) is 17.6 Å². The number of Topliss-reactive ketones (excluding diaryl/α,β-unsaturated/α-hetero) is 1. The Morgan fingerprint density at radius 2 is 1.92 bits per heavy atom. The van der Waals surface area contributed by atoms with E-state index in [-0.39, 0.29) is 11.3 Å². The number of hydrogen-bond donors (Lipinski definition) is 0. The number of nitrogens with zero attached hydrogens (tertiary/aromatic N) is 2. The van der Waals surface area contributed by atoms with Crippen LogP contribution in [0.3, 0.4) is 0 Å². The van der Waals surface area contributed by atoms with E-state index in [9.17, 15) is 19.1 Å². The second kappa shape index (κ2) is 5.16. The van der Waals surface area contributed by atoms with Crippen LogP contribution in [0.15, 0.2) is 48.2 Å². The van der Waals surface area contributed by atoms with Gasteiger partial charge in [0.05, 0.1) is 0 Å². The fourth-order valence-corrected chi connectivity index (χ4v) is 4.71. The van der Waals surface area contributed by atoms with Crippen LogP contribution in [0.1, 0.15) is 40.7 Å². The predicted octanol–water partition coefficient (Wildman–Crippen LogP) is 4.70. The van der Waals surface area contributed by atoms with E-state index in [2.05, 4.69) is 6.07 Å². The van der Waals surface area contributed by atoms with E-state index in [0.717, 1.165) is 47.2 Å². The first-order valence-corrected chi connectivity index (χ1v) is 8.86. The molecule has 0 amide bonds. The van der Waals surface area contributed by atoms with Gasteiger partial charge in [0.15, 0.2) is 11.6 Å². The summed E-state index contributed by atoms with van der Waals surface area (Å²) in [5, 5.41) is 0. The standard InChI is InChI=1S/C21H16F2N2O/c22-16-8-7-14(11-17(16)23)20(26)21-10-9-13-6-5-12-3-1-2-4-15(12)18(13)19(21)25(21)24/h1-4,7-8,11,13H,5-6,9-10H2. The number of aryl methyl sites for hydroxylation is 1. The van der Waals surface area contributed by atoms with E-state index in [4.69, 9.17) is 0 Å². The molecule has 0 spiro atoms. The average molecular weight is 350 g/mol. The average Bonchev–Trinajstić information content (AvgIpc) is 3.29. The highest BCUT2D eigenvalue weighted by molar-refractivity contribution is 6.08. The molecule has 0 bridgehead atoms. The molecule has 2 aliphatic carbocycles. The number of benzene rings is 2. The molecule has 26 heavy (non-hydrogen) atoms. The zero-order valence-electron chi connectivity index (χ0n) is 14.0. The predicted molar refractivity (Wildman–Crippen MR) is 91.4 cm³/mol. The number of allylic oxidation sites excluding steroid dienone is 1. The van der Waals surface area contributed by atoms with Crippen molar-refractivity contribution >= 4 is 11.4 Å². The molecule has 3 aliphatic rings. The minimum atomic E-state index is -1.12. The molecule has 0 saturated carbocycles. The van der Waals surface area contributed by atoms with Gasteiger partial charge in [-0.05, 0) is 54.5 Å². The van der Waals surface area contributed by atoms with Crippen LogP contribution in [0.2, 0.25) is 0 Å². The zero-order chi connectivity index (χ0) is 18.1. The monoisotopic (exact) mass is 350 g/mol. The minimum Gasteiger partial charge on any atom is -0.499 e. The summed E-state index contributed by atoms with van der Waals surface area (Å²) in [5.41, 5.74) is 13.5. The zero-order valence-corrected chi connectivity index (χ0v) is 14.0. The lowest BCUT2D eigenvalue weighted by molar-refractivity contribution is -0.381. The second-order valence-corrected chi connectivity index (χ2v) is 7.32. The van der Waals surface area contributed by atoms with Crippen molar-refractivity contribution < 1.29 is 18.3 Å². The topological polar surface area (TPSA) is 42.4 Å². The van der Waals surface area contributed by atoms with Crippen molar-refractivity contribution in [3.05, 3.63) is 82.0 Å². The van der Waals surface area contributed by atoms with Crippen LogP contribution >= 0.6 is 0 Å². The van der Waals surface area contributed by atoms with Crippen molar-refractivity contribution in [3.8, 4) is 0 Å². The molecule has 0 N–H and O–H groups in total. The first kappa shape index (κ1) is 15.6. The Kier molecular flexibility index (Phi) is 3.09. The van der Waals surface area contributed by atoms with Gasteiger partial charge in [-0.2, -0.15) is 0 Å². The highest BCUT2D eigenvalue weighted by Crippen LogP contribution is 2.58. The molecule has 3 nitrogen and oxygen atoms in total. The van der Waals surface area contributed by atoms with Crippen molar-refractivity contribution in [2.75, 3.05) is 0 Å². The number of carbonyl (C=O) groups is 1. The van der Waals surface area contributed by atoms with Crippen LogP contribution in [0.5, 0.6) is 0 Å². The molecule has 2 unspecified atom stereocenters. The van der Waals surface area contributed by atoms with Crippen molar-refractivity contribution in [2.24, 2.45) is 5.92 Å². The first-order chi connectivity index (χ1) is 12.5. The van der Waals surface area contributed by atoms with E-state index < -0.39 is 17.2 Å². The van der Waals surface area contributed by atoms with Crippen LogP contribution in [-0.2, 0) is 6.42 Å². The highest BCUT2D eigenvalue weighted by Gasteiger charge is 2.73. The van der Waals surface area contributed by atoms with Gasteiger partial charge in [-0.3, -0.25) is 9.49 Å². The lowest BCUT2D eigenvalue weighted by atomic mass is 9.71. The van der Waals surface area contributed by atoms with Crippen molar-refractivity contribution in [1.29, 1.82) is 0 Å². The third-order valence-corrected chi connectivity index (χ3v) is 6.06. The molecule has 0 aromatic heterocycles. The Morgan fingerprint density at radius 1 is 1.12 bits per heavy atom. The van der Waals surface area contributed by atoms with Gasteiger partial charge >= 0.3 is 5.54 Å². The lowest BCUT2D eigenvalue weighted by Gasteiger charge is -2.28. The van der Waals surface area contributed by atoms with Crippen LogP contribution < -0.4 is 0 Å². The Hall–Kier alpha value is -2.69. The molecule has 1 heterocycles. The number of hydrogen-bond acceptors (Lipinski definition) is 1. The molecular formula is C21H16F2N2O. The summed E-state index contributed by atoms with van der Waals surface area (Å²) >= 11 is 0. The van der Waals surface area contributed by atoms with Gasteiger partial charge in [0.25, 0.3) is 5.70 Å². The Bertz CT molecular complexity index is 1030. The maximum absolute atomic E-state index is 13.6. The van der Waals surface area contributed by atoms with Gasteiger partial charge in [-0.25, -0.2) is 8.78 Å². The summed E-state index contributed by atoms with van der Waals surface area (Å²) < 4.78 is 27.9. The SMILES string of the molecule is [N-]=[N+]1C2=C3c4ccccc4CCC3CCC21C(=O)c1ccc(F)c(F)c1. The Labute approximate surface area is 149 Å². The quantitative estimate of drug-likeness (QED) is 0.440. The van der Waals surface area contributed by atoms with E-state index in [1.165, 1.54) is 11.6 Å². The number of rotatable bonds is 2. The normalized spacial score (nSPS) is 26.1. The Morgan fingerprint density at radius 3 is 2.73 bits per heavy atom. The molecule has 130 valence electrons. The van der Waals surface area contributed by atoms with Crippen LogP contribution in [-0.4, -0.2) is 16.0 Å². The summed E-state index contributed by atoms with van der Waals surface area (Å²) in [6.07, 6.45) is 3.28. The van der Waals surface area contributed by atoms with E-state index in [0.29, 0.717) is 18.0 Å². The summed E-state index contributed by atoms with van der Waals surface area (Å²) in [6, 6.07) is 11.2. The van der Waals surface area contributed by atoms with Crippen LogP contribution in [0, 0.1) is 17.6 Å². The molecule has 2 aromatic rings. The minimum absolute atomic E-state index is 0.0843. The molecule has 0 radical (unpaired) electrons.